The van der Waals surface area contributed by atoms with E-state index in [1.54, 1.807) is 19.9 Å². The number of nitrogens with two attached hydrogens (primary N) is 1. The van der Waals surface area contributed by atoms with E-state index in [1.807, 2.05) is 0 Å². The number of H-pyrrole nitrogens is 1. The number of piperidine rings is 1. The molecule has 222 valence electrons. The topological polar surface area (TPSA) is 172 Å². The number of halogens is 1. The number of fused-ring (bicyclic) bond motifs is 1. The molecule has 6 N–H and O–H groups in total. The molecule has 2 aliphatic rings. The molecule has 1 aromatic carbocycles. The maximum atomic E-state index is 14.1. The highest BCUT2D eigenvalue weighted by Gasteiger charge is 2.35. The third kappa shape index (κ3) is 7.90. The Labute approximate surface area is 237 Å². The molecular formula is C29H38FN5O6. The molecule has 1 aliphatic heterocycles. The van der Waals surface area contributed by atoms with Gasteiger partial charge in [-0.05, 0) is 49.7 Å². The Morgan fingerprint density at radius 1 is 1.10 bits per heavy atom. The monoisotopic (exact) mass is 571 g/mol. The fraction of sp³-hybridized carbons (Fsp3) is 0.552. The number of para-hydroxylation sites is 1. The summed E-state index contributed by atoms with van der Waals surface area (Å²) >= 11 is 0. The summed E-state index contributed by atoms with van der Waals surface area (Å²) in [7, 11) is 0. The number of rotatable bonds is 13. The molecule has 3 amide bonds. The largest absolute Gasteiger partial charge is 0.456 e. The molecule has 1 aliphatic carbocycles. The molecule has 2 heterocycles. The van der Waals surface area contributed by atoms with Crippen molar-refractivity contribution in [2.45, 2.75) is 70.5 Å². The Kier molecular flexibility index (Phi) is 9.74. The van der Waals surface area contributed by atoms with Gasteiger partial charge in [0.05, 0.1) is 11.6 Å². The lowest BCUT2D eigenvalue weighted by Gasteiger charge is -2.28. The average Bonchev–Trinajstić information content (AvgIpc) is 3.65. The lowest BCUT2D eigenvalue weighted by molar-refractivity contribution is -0.151. The number of benzene rings is 1. The first-order valence-corrected chi connectivity index (χ1v) is 14.1. The Bertz CT molecular complexity index is 1310. The minimum Gasteiger partial charge on any atom is -0.456 e. The number of ether oxygens (including phenoxy) is 1. The number of hydrogen-bond donors (Lipinski definition) is 5. The van der Waals surface area contributed by atoms with Crippen molar-refractivity contribution >= 4 is 40.4 Å². The van der Waals surface area contributed by atoms with E-state index in [9.17, 15) is 28.4 Å². The quantitative estimate of drug-likeness (QED) is 0.228. The fourth-order valence-corrected chi connectivity index (χ4v) is 4.90. The molecule has 12 heteroatoms. The third-order valence-electron chi connectivity index (χ3n) is 7.71. The molecule has 2 fully saturated rings. The minimum atomic E-state index is -1.12. The summed E-state index contributed by atoms with van der Waals surface area (Å²) in [4.78, 5) is 67.2. The van der Waals surface area contributed by atoms with Crippen LogP contribution in [0, 0.1) is 23.6 Å². The summed E-state index contributed by atoms with van der Waals surface area (Å²) in [5.74, 6) is -3.68. The van der Waals surface area contributed by atoms with Crippen LogP contribution in [0.1, 0.15) is 62.9 Å². The van der Waals surface area contributed by atoms with Crippen LogP contribution in [0.5, 0.6) is 0 Å². The van der Waals surface area contributed by atoms with E-state index >= 15 is 0 Å². The second-order valence-corrected chi connectivity index (χ2v) is 11.4. The van der Waals surface area contributed by atoms with E-state index in [0.29, 0.717) is 24.8 Å². The van der Waals surface area contributed by atoms with Gasteiger partial charge in [-0.3, -0.25) is 24.0 Å². The van der Waals surface area contributed by atoms with Gasteiger partial charge in [0.15, 0.2) is 12.4 Å². The minimum absolute atomic E-state index is 0.0234. The molecule has 2 aromatic rings. The molecule has 4 atom stereocenters. The van der Waals surface area contributed by atoms with Gasteiger partial charge in [-0.1, -0.05) is 38.8 Å². The van der Waals surface area contributed by atoms with Gasteiger partial charge >= 0.3 is 5.97 Å². The standard InChI is InChI=1S/C29H38FN5O6/c1-15(2)24(31)29(40)41-14-23(36)20(13-18-6-4-10-32-26(18)37)34-27(38)21(11-16-8-9-16)35-28(39)22-12-17-5-3-7-19(30)25(17)33-22/h3,5,7,12,15-16,18,20-21,24,33H,4,6,8-11,13-14,31H2,1-2H3,(H,32,37)(H,34,38)(H,35,39)/t18-,20?,21?,24?/m0/s1. The number of ketones is 1. The molecule has 41 heavy (non-hydrogen) atoms. The summed E-state index contributed by atoms with van der Waals surface area (Å²) in [5.41, 5.74) is 6.10. The molecule has 1 saturated heterocycles. The maximum absolute atomic E-state index is 14.1. The number of esters is 1. The predicted molar refractivity (Wildman–Crippen MR) is 148 cm³/mol. The van der Waals surface area contributed by atoms with Crippen molar-refractivity contribution in [3.05, 3.63) is 35.8 Å². The van der Waals surface area contributed by atoms with Gasteiger partial charge < -0.3 is 31.4 Å². The highest BCUT2D eigenvalue weighted by Crippen LogP contribution is 2.33. The molecular weight excluding hydrogens is 533 g/mol. The zero-order valence-electron chi connectivity index (χ0n) is 23.3. The van der Waals surface area contributed by atoms with Crippen molar-refractivity contribution in [1.29, 1.82) is 0 Å². The summed E-state index contributed by atoms with van der Waals surface area (Å²) in [5, 5.41) is 8.72. The molecule has 0 bridgehead atoms. The van der Waals surface area contributed by atoms with E-state index in [1.165, 1.54) is 18.2 Å². The van der Waals surface area contributed by atoms with Crippen molar-refractivity contribution in [2.24, 2.45) is 23.5 Å². The van der Waals surface area contributed by atoms with Crippen LogP contribution in [0.15, 0.2) is 24.3 Å². The van der Waals surface area contributed by atoms with Crippen LogP contribution in [-0.4, -0.2) is 65.7 Å². The predicted octanol–water partition coefficient (Wildman–Crippen LogP) is 1.70. The van der Waals surface area contributed by atoms with Crippen molar-refractivity contribution in [2.75, 3.05) is 13.2 Å². The number of aromatic nitrogens is 1. The Balaban J connectivity index is 1.47. The number of carbonyl (C=O) groups excluding carboxylic acids is 5. The SMILES string of the molecule is CC(C)C(N)C(=O)OCC(=O)C(C[C@@H]1CCCNC1=O)NC(=O)C(CC1CC1)NC(=O)c1cc2cccc(F)c2[nH]1. The van der Waals surface area contributed by atoms with E-state index in [-0.39, 0.29) is 35.4 Å². The number of amides is 3. The molecule has 4 rings (SSSR count). The van der Waals surface area contributed by atoms with Crippen molar-refractivity contribution < 1.29 is 33.1 Å². The highest BCUT2D eigenvalue weighted by atomic mass is 19.1. The number of aromatic amines is 1. The van der Waals surface area contributed by atoms with Crippen LogP contribution in [0.3, 0.4) is 0 Å². The summed E-state index contributed by atoms with van der Waals surface area (Å²) in [6.07, 6.45) is 3.48. The van der Waals surface area contributed by atoms with Crippen LogP contribution < -0.4 is 21.7 Å². The molecule has 1 saturated carbocycles. The first-order valence-electron chi connectivity index (χ1n) is 14.1. The van der Waals surface area contributed by atoms with Gasteiger partial charge in [0.2, 0.25) is 11.8 Å². The smallest absolute Gasteiger partial charge is 0.323 e. The van der Waals surface area contributed by atoms with Crippen molar-refractivity contribution in [1.82, 2.24) is 20.9 Å². The second kappa shape index (κ2) is 13.2. The Morgan fingerprint density at radius 2 is 1.85 bits per heavy atom. The van der Waals surface area contributed by atoms with E-state index in [4.69, 9.17) is 10.5 Å². The van der Waals surface area contributed by atoms with Gasteiger partial charge in [0.25, 0.3) is 5.91 Å². The zero-order valence-corrected chi connectivity index (χ0v) is 23.3. The fourth-order valence-electron chi connectivity index (χ4n) is 4.90. The number of hydrogen-bond acceptors (Lipinski definition) is 7. The van der Waals surface area contributed by atoms with Gasteiger partial charge in [-0.25, -0.2) is 4.39 Å². The van der Waals surface area contributed by atoms with Crippen LogP contribution in [0.25, 0.3) is 10.9 Å². The lowest BCUT2D eigenvalue weighted by atomic mass is 9.90. The average molecular weight is 572 g/mol. The normalized spacial score (nSPS) is 19.2. The summed E-state index contributed by atoms with van der Waals surface area (Å²) in [6.45, 7) is 3.43. The lowest BCUT2D eigenvalue weighted by Crippen LogP contribution is -2.54. The number of Topliss-reactive ketones (excluding diaryl/α,β-unsaturated/α-hetero) is 1. The van der Waals surface area contributed by atoms with E-state index in [2.05, 4.69) is 20.9 Å². The van der Waals surface area contributed by atoms with Crippen LogP contribution >= 0.6 is 0 Å². The van der Waals surface area contributed by atoms with E-state index in [0.717, 1.165) is 19.3 Å². The van der Waals surface area contributed by atoms with Gasteiger partial charge in [-0.2, -0.15) is 0 Å². The van der Waals surface area contributed by atoms with Crippen molar-refractivity contribution in [3.8, 4) is 0 Å². The third-order valence-corrected chi connectivity index (χ3v) is 7.71. The number of nitrogens with one attached hydrogen (secondary N) is 4. The van der Waals surface area contributed by atoms with Crippen LogP contribution in [-0.2, 0) is 23.9 Å². The first-order chi connectivity index (χ1) is 19.5. The maximum Gasteiger partial charge on any atom is 0.323 e. The van der Waals surface area contributed by atoms with Crippen LogP contribution in [0.4, 0.5) is 4.39 Å². The molecule has 3 unspecified atom stereocenters. The second-order valence-electron chi connectivity index (χ2n) is 11.4. The Morgan fingerprint density at radius 3 is 2.51 bits per heavy atom. The van der Waals surface area contributed by atoms with Crippen LogP contribution in [0.2, 0.25) is 0 Å². The first kappa shape index (κ1) is 30.2. The number of carbonyl (C=O) groups is 5. The van der Waals surface area contributed by atoms with Gasteiger partial charge in [0.1, 0.15) is 23.6 Å². The summed E-state index contributed by atoms with van der Waals surface area (Å²) < 4.78 is 19.3. The molecule has 11 nitrogen and oxygen atoms in total. The Hall–Kier alpha value is -3.80. The molecule has 0 radical (unpaired) electrons. The highest BCUT2D eigenvalue weighted by molar-refractivity contribution is 6.01. The molecule has 1 aromatic heterocycles. The van der Waals surface area contributed by atoms with Gasteiger partial charge in [0, 0.05) is 17.8 Å². The van der Waals surface area contributed by atoms with Gasteiger partial charge in [-0.15, -0.1) is 0 Å². The van der Waals surface area contributed by atoms with E-state index < -0.39 is 60.0 Å². The molecule has 0 spiro atoms. The van der Waals surface area contributed by atoms with Crippen molar-refractivity contribution in [3.63, 3.8) is 0 Å². The zero-order chi connectivity index (χ0) is 29.7. The summed E-state index contributed by atoms with van der Waals surface area (Å²) in [6, 6.07) is 2.98.